The first-order valence-corrected chi connectivity index (χ1v) is 4.74. The zero-order chi connectivity index (χ0) is 7.90. The lowest BCUT2D eigenvalue weighted by atomic mass is 10.2. The third-order valence-electron chi connectivity index (χ3n) is 2.89. The van der Waals surface area contributed by atoms with Gasteiger partial charge in [-0.2, -0.15) is 0 Å². The van der Waals surface area contributed by atoms with Crippen molar-refractivity contribution in [2.24, 2.45) is 0 Å². The average molecular weight is 154 g/mol. The van der Waals surface area contributed by atoms with Gasteiger partial charge < -0.3 is 10.6 Å². The van der Waals surface area contributed by atoms with Crippen LogP contribution in [0.1, 0.15) is 33.1 Å². The van der Waals surface area contributed by atoms with E-state index in [1.807, 2.05) is 0 Å². The summed E-state index contributed by atoms with van der Waals surface area (Å²) in [5, 5.41) is 7.19. The van der Waals surface area contributed by atoms with Gasteiger partial charge in [0.05, 0.1) is 0 Å². The molecule has 0 aromatic heterocycles. The van der Waals surface area contributed by atoms with Crippen molar-refractivity contribution in [1.29, 1.82) is 0 Å². The van der Waals surface area contributed by atoms with Gasteiger partial charge >= 0.3 is 0 Å². The third-order valence-corrected chi connectivity index (χ3v) is 2.89. The van der Waals surface area contributed by atoms with Crippen molar-refractivity contribution < 1.29 is 0 Å². The Bertz CT molecular complexity index is 148. The highest BCUT2D eigenvalue weighted by atomic mass is 15.2. The summed E-state index contributed by atoms with van der Waals surface area (Å²) in [5.74, 6) is 0. The summed E-state index contributed by atoms with van der Waals surface area (Å²) >= 11 is 0. The molecule has 2 nitrogen and oxygen atoms in total. The van der Waals surface area contributed by atoms with E-state index in [9.17, 15) is 0 Å². The minimum atomic E-state index is 0.532. The van der Waals surface area contributed by atoms with Crippen molar-refractivity contribution in [2.45, 2.75) is 50.7 Å². The van der Waals surface area contributed by atoms with Crippen LogP contribution in [0.3, 0.4) is 0 Å². The summed E-state index contributed by atoms with van der Waals surface area (Å²) in [4.78, 5) is 0. The van der Waals surface area contributed by atoms with E-state index in [2.05, 4.69) is 24.5 Å². The molecule has 0 aromatic rings. The highest BCUT2D eigenvalue weighted by molar-refractivity contribution is 5.18. The molecule has 0 amide bonds. The Kier molecular flexibility index (Phi) is 1.69. The monoisotopic (exact) mass is 154 g/mol. The molecule has 1 saturated heterocycles. The molecule has 2 N–H and O–H groups in total. The fourth-order valence-corrected chi connectivity index (χ4v) is 2.23. The Morgan fingerprint density at radius 3 is 2.91 bits per heavy atom. The maximum atomic E-state index is 3.60. The quantitative estimate of drug-likeness (QED) is 0.617. The van der Waals surface area contributed by atoms with Gasteiger partial charge in [-0.05, 0) is 25.8 Å². The molecule has 1 aliphatic heterocycles. The van der Waals surface area contributed by atoms with Crippen LogP contribution >= 0.6 is 0 Å². The highest BCUT2D eigenvalue weighted by Crippen LogP contribution is 2.43. The van der Waals surface area contributed by atoms with Gasteiger partial charge in [-0.1, -0.05) is 13.8 Å². The molecule has 1 saturated carbocycles. The molecule has 11 heavy (non-hydrogen) atoms. The first-order valence-electron chi connectivity index (χ1n) is 4.74. The van der Waals surface area contributed by atoms with Crippen molar-refractivity contribution >= 4 is 0 Å². The van der Waals surface area contributed by atoms with Crippen LogP contribution in [0.5, 0.6) is 0 Å². The van der Waals surface area contributed by atoms with Crippen molar-refractivity contribution in [1.82, 2.24) is 10.6 Å². The summed E-state index contributed by atoms with van der Waals surface area (Å²) in [6.07, 6.45) is 4.11. The molecule has 2 fully saturated rings. The van der Waals surface area contributed by atoms with Crippen molar-refractivity contribution in [3.63, 3.8) is 0 Å². The van der Waals surface area contributed by atoms with Gasteiger partial charge in [-0.15, -0.1) is 0 Å². The van der Waals surface area contributed by atoms with Crippen molar-refractivity contribution in [3.05, 3.63) is 0 Å². The molecule has 0 bridgehead atoms. The summed E-state index contributed by atoms with van der Waals surface area (Å²) in [6, 6.07) is 1.41. The van der Waals surface area contributed by atoms with E-state index < -0.39 is 0 Å². The molecule has 1 heterocycles. The number of hydrogen-bond acceptors (Lipinski definition) is 2. The second-order valence-corrected chi connectivity index (χ2v) is 4.26. The van der Waals surface area contributed by atoms with E-state index in [0.717, 1.165) is 6.04 Å². The molecule has 1 spiro atoms. The van der Waals surface area contributed by atoms with Crippen LogP contribution in [0.4, 0.5) is 0 Å². The fourth-order valence-electron chi connectivity index (χ4n) is 2.23. The molecule has 0 radical (unpaired) electrons. The fraction of sp³-hybridized carbons (Fsp3) is 1.00. The number of hydrogen-bond donors (Lipinski definition) is 2. The molecular weight excluding hydrogens is 136 g/mol. The van der Waals surface area contributed by atoms with Gasteiger partial charge in [-0.3, -0.25) is 0 Å². The van der Waals surface area contributed by atoms with E-state index in [-0.39, 0.29) is 0 Å². The minimum absolute atomic E-state index is 0.532. The predicted molar refractivity (Wildman–Crippen MR) is 46.6 cm³/mol. The SMILES string of the molecule is CC(C)NC1CC12CCCN2. The van der Waals surface area contributed by atoms with Crippen LogP contribution in [-0.2, 0) is 0 Å². The minimum Gasteiger partial charge on any atom is -0.310 e. The first kappa shape index (κ1) is 7.56. The molecule has 2 unspecified atom stereocenters. The zero-order valence-electron chi connectivity index (χ0n) is 7.48. The molecule has 64 valence electrons. The Morgan fingerprint density at radius 2 is 2.36 bits per heavy atom. The van der Waals surface area contributed by atoms with Crippen LogP contribution in [-0.4, -0.2) is 24.2 Å². The lowest BCUT2D eigenvalue weighted by molar-refractivity contribution is 0.492. The number of rotatable bonds is 2. The van der Waals surface area contributed by atoms with Gasteiger partial charge in [0, 0.05) is 17.6 Å². The normalized spacial score (nSPS) is 42.3. The average Bonchev–Trinajstić information content (AvgIpc) is 2.43. The van der Waals surface area contributed by atoms with Crippen molar-refractivity contribution in [3.8, 4) is 0 Å². The van der Waals surface area contributed by atoms with Gasteiger partial charge in [0.1, 0.15) is 0 Å². The molecule has 2 aliphatic rings. The second-order valence-electron chi connectivity index (χ2n) is 4.26. The summed E-state index contributed by atoms with van der Waals surface area (Å²) in [6.45, 7) is 5.68. The lowest BCUT2D eigenvalue weighted by Crippen LogP contribution is -2.37. The van der Waals surface area contributed by atoms with E-state index in [1.165, 1.54) is 25.8 Å². The largest absolute Gasteiger partial charge is 0.310 e. The Hall–Kier alpha value is -0.0800. The Balaban J connectivity index is 1.84. The standard InChI is InChI=1S/C9H18N2/c1-7(2)11-8-6-9(8)4-3-5-10-9/h7-8,10-11H,3-6H2,1-2H3. The molecule has 2 rings (SSSR count). The molecule has 2 atom stereocenters. The maximum Gasteiger partial charge on any atom is 0.0351 e. The van der Waals surface area contributed by atoms with Gasteiger partial charge in [0.15, 0.2) is 0 Å². The lowest BCUT2D eigenvalue weighted by Gasteiger charge is -2.12. The Morgan fingerprint density at radius 1 is 1.55 bits per heavy atom. The Labute approximate surface area is 68.7 Å². The van der Waals surface area contributed by atoms with E-state index in [1.54, 1.807) is 0 Å². The van der Waals surface area contributed by atoms with Crippen LogP contribution in [0.2, 0.25) is 0 Å². The molecular formula is C9H18N2. The highest BCUT2D eigenvalue weighted by Gasteiger charge is 2.55. The molecule has 0 aromatic carbocycles. The van der Waals surface area contributed by atoms with Crippen LogP contribution in [0.15, 0.2) is 0 Å². The third kappa shape index (κ3) is 1.30. The first-order chi connectivity index (χ1) is 5.23. The number of nitrogens with one attached hydrogen (secondary N) is 2. The summed E-state index contributed by atoms with van der Waals surface area (Å²) in [5.41, 5.74) is 0.532. The smallest absolute Gasteiger partial charge is 0.0351 e. The second kappa shape index (κ2) is 2.46. The van der Waals surface area contributed by atoms with Gasteiger partial charge in [0.2, 0.25) is 0 Å². The van der Waals surface area contributed by atoms with Crippen LogP contribution in [0, 0.1) is 0 Å². The summed E-state index contributed by atoms with van der Waals surface area (Å²) < 4.78 is 0. The molecule has 2 heteroatoms. The maximum absolute atomic E-state index is 3.60. The van der Waals surface area contributed by atoms with Gasteiger partial charge in [0.25, 0.3) is 0 Å². The topological polar surface area (TPSA) is 24.1 Å². The molecule has 1 aliphatic carbocycles. The van der Waals surface area contributed by atoms with E-state index >= 15 is 0 Å². The summed E-state index contributed by atoms with van der Waals surface area (Å²) in [7, 11) is 0. The van der Waals surface area contributed by atoms with Crippen LogP contribution < -0.4 is 10.6 Å². The zero-order valence-corrected chi connectivity index (χ0v) is 7.48. The van der Waals surface area contributed by atoms with E-state index in [0.29, 0.717) is 11.6 Å². The van der Waals surface area contributed by atoms with Crippen molar-refractivity contribution in [2.75, 3.05) is 6.54 Å². The van der Waals surface area contributed by atoms with Gasteiger partial charge in [-0.25, -0.2) is 0 Å². The van der Waals surface area contributed by atoms with Crippen LogP contribution in [0.25, 0.3) is 0 Å². The van der Waals surface area contributed by atoms with E-state index in [4.69, 9.17) is 0 Å². The predicted octanol–water partition coefficient (Wildman–Crippen LogP) is 0.879.